The van der Waals surface area contributed by atoms with Gasteiger partial charge in [-0.05, 0) is 24.1 Å². The molecular formula is C11H15BrN2O2S. The summed E-state index contributed by atoms with van der Waals surface area (Å²) in [5.74, 6) is 1.08. The zero-order chi connectivity index (χ0) is 12.8. The van der Waals surface area contributed by atoms with Gasteiger partial charge in [-0.3, -0.25) is 0 Å². The van der Waals surface area contributed by atoms with E-state index in [9.17, 15) is 0 Å². The summed E-state index contributed by atoms with van der Waals surface area (Å²) < 4.78 is 0.936. The van der Waals surface area contributed by atoms with Crippen LogP contribution in [0.25, 0.3) is 0 Å². The molecule has 1 aromatic carbocycles. The highest BCUT2D eigenvalue weighted by Crippen LogP contribution is 2.28. The normalized spacial score (nSPS) is 13.7. The summed E-state index contributed by atoms with van der Waals surface area (Å²) in [7, 11) is 0. The van der Waals surface area contributed by atoms with Crippen molar-refractivity contribution in [3.8, 4) is 0 Å². The largest absolute Gasteiger partial charge is 0.409 e. The second-order valence-electron chi connectivity index (χ2n) is 3.72. The van der Waals surface area contributed by atoms with Gasteiger partial charge in [0, 0.05) is 27.3 Å². The number of oxime groups is 1. The summed E-state index contributed by atoms with van der Waals surface area (Å²) in [5, 5.41) is 20.7. The maximum absolute atomic E-state index is 8.98. The highest BCUT2D eigenvalue weighted by molar-refractivity contribution is 9.10. The zero-order valence-corrected chi connectivity index (χ0v) is 11.8. The van der Waals surface area contributed by atoms with Crippen LogP contribution in [0.4, 0.5) is 0 Å². The maximum Gasteiger partial charge on any atom is 0.171 e. The summed E-state index contributed by atoms with van der Waals surface area (Å²) in [6.07, 6.45) is 0. The van der Waals surface area contributed by atoms with Crippen molar-refractivity contribution >= 4 is 33.5 Å². The molecule has 1 aromatic rings. The number of benzene rings is 1. The second kappa shape index (κ2) is 6.88. The van der Waals surface area contributed by atoms with Crippen LogP contribution in [0.1, 0.15) is 12.5 Å². The Morgan fingerprint density at radius 2 is 2.29 bits per heavy atom. The minimum absolute atomic E-state index is 0.0941. The van der Waals surface area contributed by atoms with Crippen LogP contribution in [0.15, 0.2) is 32.7 Å². The first-order chi connectivity index (χ1) is 8.08. The zero-order valence-electron chi connectivity index (χ0n) is 9.43. The number of rotatable bonds is 5. The van der Waals surface area contributed by atoms with Crippen molar-refractivity contribution < 1.29 is 10.3 Å². The van der Waals surface area contributed by atoms with Crippen LogP contribution < -0.4 is 5.73 Å². The first-order valence-electron chi connectivity index (χ1n) is 5.09. The van der Waals surface area contributed by atoms with Crippen LogP contribution in [0.3, 0.4) is 0 Å². The molecule has 1 rings (SSSR count). The summed E-state index contributed by atoms with van der Waals surface area (Å²) in [6.45, 7) is 2.12. The standard InChI is InChI=1S/C11H15BrN2O2S/c1-7(5-15)6-17-10-4-8(12)2-3-9(10)11(13)14-16/h2-4,7,15-16H,5-6H2,1H3,(H2,13,14). The predicted octanol–water partition coefficient (Wildman–Crippen LogP) is 2.26. The summed E-state index contributed by atoms with van der Waals surface area (Å²) in [5.41, 5.74) is 6.31. The number of hydrogen-bond donors (Lipinski definition) is 3. The molecule has 0 radical (unpaired) electrons. The van der Waals surface area contributed by atoms with E-state index in [4.69, 9.17) is 16.0 Å². The molecule has 0 aromatic heterocycles. The quantitative estimate of drug-likeness (QED) is 0.256. The predicted molar refractivity (Wildman–Crippen MR) is 73.6 cm³/mol. The van der Waals surface area contributed by atoms with Crippen molar-refractivity contribution in [2.24, 2.45) is 16.8 Å². The van der Waals surface area contributed by atoms with Gasteiger partial charge in [0.1, 0.15) is 0 Å². The molecule has 0 heterocycles. The number of aliphatic hydroxyl groups excluding tert-OH is 1. The Morgan fingerprint density at radius 1 is 1.59 bits per heavy atom. The Kier molecular flexibility index (Phi) is 5.80. The Bertz CT molecular complexity index is 412. The van der Waals surface area contributed by atoms with Crippen LogP contribution >= 0.6 is 27.7 Å². The van der Waals surface area contributed by atoms with Crippen molar-refractivity contribution in [2.75, 3.05) is 12.4 Å². The molecule has 17 heavy (non-hydrogen) atoms. The molecule has 4 N–H and O–H groups in total. The van der Waals surface area contributed by atoms with Gasteiger partial charge in [0.2, 0.25) is 0 Å². The van der Waals surface area contributed by atoms with Crippen molar-refractivity contribution in [3.05, 3.63) is 28.2 Å². The van der Waals surface area contributed by atoms with Crippen molar-refractivity contribution in [3.63, 3.8) is 0 Å². The van der Waals surface area contributed by atoms with E-state index in [0.29, 0.717) is 5.56 Å². The van der Waals surface area contributed by atoms with E-state index in [0.717, 1.165) is 15.1 Å². The molecule has 0 saturated carbocycles. The van der Waals surface area contributed by atoms with E-state index in [2.05, 4.69) is 21.1 Å². The minimum atomic E-state index is 0.0941. The smallest absolute Gasteiger partial charge is 0.171 e. The lowest BCUT2D eigenvalue weighted by atomic mass is 10.2. The van der Waals surface area contributed by atoms with E-state index >= 15 is 0 Å². The molecule has 1 unspecified atom stereocenters. The van der Waals surface area contributed by atoms with E-state index in [-0.39, 0.29) is 18.4 Å². The van der Waals surface area contributed by atoms with Crippen LogP contribution in [-0.4, -0.2) is 28.5 Å². The van der Waals surface area contributed by atoms with Crippen molar-refractivity contribution in [1.29, 1.82) is 0 Å². The highest BCUT2D eigenvalue weighted by Gasteiger charge is 2.10. The SMILES string of the molecule is CC(CO)CSc1cc(Br)ccc1/C(N)=N/O. The fraction of sp³-hybridized carbons (Fsp3) is 0.364. The van der Waals surface area contributed by atoms with E-state index in [1.807, 2.05) is 19.1 Å². The molecule has 0 aliphatic rings. The molecule has 0 aliphatic carbocycles. The lowest BCUT2D eigenvalue weighted by molar-refractivity contribution is 0.250. The van der Waals surface area contributed by atoms with Crippen LogP contribution in [0.5, 0.6) is 0 Å². The molecule has 94 valence electrons. The van der Waals surface area contributed by atoms with Gasteiger partial charge in [-0.1, -0.05) is 28.0 Å². The molecule has 0 aliphatic heterocycles. The van der Waals surface area contributed by atoms with Gasteiger partial charge in [0.15, 0.2) is 5.84 Å². The van der Waals surface area contributed by atoms with E-state index in [1.54, 1.807) is 17.8 Å². The van der Waals surface area contributed by atoms with Gasteiger partial charge in [-0.2, -0.15) is 0 Å². The van der Waals surface area contributed by atoms with Crippen molar-refractivity contribution in [2.45, 2.75) is 11.8 Å². The van der Waals surface area contributed by atoms with Gasteiger partial charge in [0.25, 0.3) is 0 Å². The Hall–Kier alpha value is -0.720. The van der Waals surface area contributed by atoms with Crippen LogP contribution in [0.2, 0.25) is 0 Å². The number of amidine groups is 1. The van der Waals surface area contributed by atoms with Gasteiger partial charge < -0.3 is 16.0 Å². The third-order valence-electron chi connectivity index (χ3n) is 2.16. The fourth-order valence-corrected chi connectivity index (χ4v) is 2.79. The first-order valence-corrected chi connectivity index (χ1v) is 6.87. The highest BCUT2D eigenvalue weighted by atomic mass is 79.9. The molecule has 0 amide bonds. The maximum atomic E-state index is 8.98. The Morgan fingerprint density at radius 3 is 2.88 bits per heavy atom. The lowest BCUT2D eigenvalue weighted by Crippen LogP contribution is -2.14. The number of aliphatic hydroxyl groups is 1. The number of thioether (sulfide) groups is 1. The molecular weight excluding hydrogens is 304 g/mol. The number of nitrogens with two attached hydrogens (primary N) is 1. The average Bonchev–Trinajstić information content (AvgIpc) is 2.35. The Balaban J connectivity index is 2.91. The molecule has 0 spiro atoms. The number of halogens is 1. The lowest BCUT2D eigenvalue weighted by Gasteiger charge is -2.11. The first kappa shape index (κ1) is 14.3. The van der Waals surface area contributed by atoms with E-state index < -0.39 is 0 Å². The third kappa shape index (κ3) is 4.22. The van der Waals surface area contributed by atoms with Gasteiger partial charge in [-0.15, -0.1) is 11.8 Å². The summed E-state index contributed by atoms with van der Waals surface area (Å²) in [4.78, 5) is 0.926. The minimum Gasteiger partial charge on any atom is -0.409 e. The topological polar surface area (TPSA) is 78.8 Å². The molecule has 4 nitrogen and oxygen atoms in total. The fourth-order valence-electron chi connectivity index (χ4n) is 1.17. The van der Waals surface area contributed by atoms with Gasteiger partial charge in [-0.25, -0.2) is 0 Å². The van der Waals surface area contributed by atoms with Crippen LogP contribution in [0, 0.1) is 5.92 Å². The average molecular weight is 319 g/mol. The molecule has 0 bridgehead atoms. The number of hydrogen-bond acceptors (Lipinski definition) is 4. The summed E-state index contributed by atoms with van der Waals surface area (Å²) >= 11 is 4.96. The van der Waals surface area contributed by atoms with Gasteiger partial charge in [0.05, 0.1) is 0 Å². The monoisotopic (exact) mass is 318 g/mol. The third-order valence-corrected chi connectivity index (χ3v) is 4.04. The molecule has 1 atom stereocenters. The Labute approximate surface area is 113 Å². The second-order valence-corrected chi connectivity index (χ2v) is 5.70. The molecule has 6 heteroatoms. The summed E-state index contributed by atoms with van der Waals surface area (Å²) in [6, 6.07) is 5.56. The molecule has 0 fully saturated rings. The van der Waals surface area contributed by atoms with Gasteiger partial charge >= 0.3 is 0 Å². The van der Waals surface area contributed by atoms with Crippen molar-refractivity contribution in [1.82, 2.24) is 0 Å². The number of nitrogens with zero attached hydrogens (tertiary/aromatic N) is 1. The van der Waals surface area contributed by atoms with Crippen LogP contribution in [-0.2, 0) is 0 Å². The molecule has 0 saturated heterocycles. The van der Waals surface area contributed by atoms with E-state index in [1.165, 1.54) is 0 Å².